The van der Waals surface area contributed by atoms with Crippen molar-refractivity contribution in [3.63, 3.8) is 0 Å². The Hall–Kier alpha value is -3.13. The Morgan fingerprint density at radius 2 is 1.75 bits per heavy atom. The highest BCUT2D eigenvalue weighted by molar-refractivity contribution is 7.98. The normalized spacial score (nSPS) is 12.1. The lowest BCUT2D eigenvalue weighted by atomic mass is 10.1. The lowest BCUT2D eigenvalue weighted by molar-refractivity contribution is -0.140. The van der Waals surface area contributed by atoms with Gasteiger partial charge in [-0.2, -0.15) is 11.8 Å². The molecule has 0 fully saturated rings. The molecule has 0 spiro atoms. The number of aliphatic carboxylic acids is 1. The minimum atomic E-state index is -1.21. The number of halogens is 1. The van der Waals surface area contributed by atoms with Crippen LogP contribution < -0.4 is 10.6 Å². The first-order chi connectivity index (χ1) is 13.4. The Labute approximate surface area is 165 Å². The molecular formula is C20H19FN2O4S. The molecule has 0 saturated heterocycles. The summed E-state index contributed by atoms with van der Waals surface area (Å²) >= 11 is 1.25. The van der Waals surface area contributed by atoms with Gasteiger partial charge in [-0.25, -0.2) is 9.18 Å². The summed E-state index contributed by atoms with van der Waals surface area (Å²) < 4.78 is 14.0. The Kier molecular flexibility index (Phi) is 7.76. The first kappa shape index (κ1) is 21.2. The van der Waals surface area contributed by atoms with E-state index >= 15 is 0 Å². The van der Waals surface area contributed by atoms with Gasteiger partial charge in [-0.05, 0) is 30.5 Å². The summed E-state index contributed by atoms with van der Waals surface area (Å²) in [6.45, 7) is 0. The molecule has 1 atom stereocenters. The zero-order valence-electron chi connectivity index (χ0n) is 15.0. The molecule has 1 unspecified atom stereocenters. The third kappa shape index (κ3) is 5.95. The molecule has 28 heavy (non-hydrogen) atoms. The summed E-state index contributed by atoms with van der Waals surface area (Å²) in [6, 6.07) is 12.7. The van der Waals surface area contributed by atoms with Gasteiger partial charge in [0.15, 0.2) is 0 Å². The molecule has 2 aromatic carbocycles. The SMILES string of the molecule is CSCC(NC(=O)C(=Cc1ccccc1F)NC(=O)c1ccccc1)C(=O)O. The van der Waals surface area contributed by atoms with E-state index in [1.54, 1.807) is 42.7 Å². The first-order valence-corrected chi connectivity index (χ1v) is 9.67. The number of rotatable bonds is 8. The standard InChI is InChI=1S/C20H19FN2O4S/c1-28-12-17(20(26)27)23-19(25)16(11-14-9-5-6-10-15(14)21)22-18(24)13-7-3-2-4-8-13/h2-11,17H,12H2,1H3,(H,22,24)(H,23,25)(H,26,27). The zero-order valence-corrected chi connectivity index (χ0v) is 15.8. The van der Waals surface area contributed by atoms with Crippen LogP contribution in [0, 0.1) is 5.82 Å². The van der Waals surface area contributed by atoms with Gasteiger partial charge in [-0.1, -0.05) is 36.4 Å². The van der Waals surface area contributed by atoms with Gasteiger partial charge in [0.1, 0.15) is 17.6 Å². The quantitative estimate of drug-likeness (QED) is 0.590. The highest BCUT2D eigenvalue weighted by atomic mass is 32.2. The Morgan fingerprint density at radius 3 is 2.36 bits per heavy atom. The maximum Gasteiger partial charge on any atom is 0.327 e. The van der Waals surface area contributed by atoms with E-state index in [9.17, 15) is 23.9 Å². The van der Waals surface area contributed by atoms with Crippen LogP contribution in [0.4, 0.5) is 4.39 Å². The molecular weight excluding hydrogens is 383 g/mol. The second kappa shape index (κ2) is 10.3. The van der Waals surface area contributed by atoms with Crippen molar-refractivity contribution in [2.24, 2.45) is 0 Å². The highest BCUT2D eigenvalue weighted by Gasteiger charge is 2.23. The predicted octanol–water partition coefficient (Wildman–Crippen LogP) is 2.53. The summed E-state index contributed by atoms with van der Waals surface area (Å²) in [4.78, 5) is 36.4. The van der Waals surface area contributed by atoms with Crippen molar-refractivity contribution in [2.75, 3.05) is 12.0 Å². The lowest BCUT2D eigenvalue weighted by Gasteiger charge is -2.16. The van der Waals surface area contributed by atoms with Crippen LogP contribution in [-0.2, 0) is 9.59 Å². The largest absolute Gasteiger partial charge is 0.480 e. The number of nitrogens with one attached hydrogen (secondary N) is 2. The summed E-state index contributed by atoms with van der Waals surface area (Å²) in [5.41, 5.74) is 0.123. The van der Waals surface area contributed by atoms with E-state index in [-0.39, 0.29) is 17.0 Å². The minimum Gasteiger partial charge on any atom is -0.480 e. The van der Waals surface area contributed by atoms with Crippen LogP contribution in [0.1, 0.15) is 15.9 Å². The minimum absolute atomic E-state index is 0.0813. The van der Waals surface area contributed by atoms with Crippen molar-refractivity contribution in [1.82, 2.24) is 10.6 Å². The number of amides is 2. The summed E-state index contributed by atoms with van der Waals surface area (Å²) in [5.74, 6) is -3.05. The van der Waals surface area contributed by atoms with Crippen molar-refractivity contribution < 1.29 is 23.9 Å². The monoisotopic (exact) mass is 402 g/mol. The van der Waals surface area contributed by atoms with E-state index < -0.39 is 29.6 Å². The molecule has 3 N–H and O–H groups in total. The first-order valence-electron chi connectivity index (χ1n) is 8.27. The molecule has 2 rings (SSSR count). The molecule has 0 aliphatic rings. The number of hydrogen-bond donors (Lipinski definition) is 3. The average molecular weight is 402 g/mol. The van der Waals surface area contributed by atoms with Crippen LogP contribution in [0.2, 0.25) is 0 Å². The van der Waals surface area contributed by atoms with Crippen LogP contribution in [0.5, 0.6) is 0 Å². The summed E-state index contributed by atoms with van der Waals surface area (Å²) in [5, 5.41) is 14.0. The fourth-order valence-corrected chi connectivity index (χ4v) is 2.83. The van der Waals surface area contributed by atoms with Gasteiger partial charge >= 0.3 is 5.97 Å². The number of benzene rings is 2. The van der Waals surface area contributed by atoms with Gasteiger partial charge in [0, 0.05) is 16.9 Å². The highest BCUT2D eigenvalue weighted by Crippen LogP contribution is 2.12. The Balaban J connectivity index is 2.33. The van der Waals surface area contributed by atoms with Gasteiger partial charge in [-0.15, -0.1) is 0 Å². The third-order valence-electron chi connectivity index (χ3n) is 3.67. The van der Waals surface area contributed by atoms with E-state index in [0.29, 0.717) is 5.56 Å². The van der Waals surface area contributed by atoms with Crippen molar-refractivity contribution in [3.8, 4) is 0 Å². The number of carboxylic acids is 1. The van der Waals surface area contributed by atoms with Crippen LogP contribution in [0.3, 0.4) is 0 Å². The van der Waals surface area contributed by atoms with E-state index in [2.05, 4.69) is 10.6 Å². The van der Waals surface area contributed by atoms with Gasteiger partial charge in [0.2, 0.25) is 0 Å². The Bertz CT molecular complexity index is 887. The number of hydrogen-bond acceptors (Lipinski definition) is 4. The smallest absolute Gasteiger partial charge is 0.327 e. The summed E-state index contributed by atoms with van der Waals surface area (Å²) in [6.07, 6.45) is 2.87. The van der Waals surface area contributed by atoms with Gasteiger partial charge in [0.05, 0.1) is 0 Å². The van der Waals surface area contributed by atoms with E-state index in [4.69, 9.17) is 0 Å². The Morgan fingerprint density at radius 1 is 1.11 bits per heavy atom. The zero-order chi connectivity index (χ0) is 20.5. The molecule has 2 amide bonds. The molecule has 0 radical (unpaired) electrons. The van der Waals surface area contributed by atoms with E-state index in [1.165, 1.54) is 36.0 Å². The fourth-order valence-electron chi connectivity index (χ4n) is 2.27. The summed E-state index contributed by atoms with van der Waals surface area (Å²) in [7, 11) is 0. The van der Waals surface area contributed by atoms with E-state index in [0.717, 1.165) is 0 Å². The number of carboxylic acid groups (broad SMARTS) is 1. The van der Waals surface area contributed by atoms with Crippen LogP contribution in [0.25, 0.3) is 6.08 Å². The molecule has 0 aliphatic heterocycles. The van der Waals surface area contributed by atoms with Crippen molar-refractivity contribution in [3.05, 3.63) is 77.2 Å². The number of carbonyl (C=O) groups is 3. The molecule has 146 valence electrons. The molecule has 0 aromatic heterocycles. The second-order valence-electron chi connectivity index (χ2n) is 5.72. The second-order valence-corrected chi connectivity index (χ2v) is 6.63. The average Bonchev–Trinajstić information content (AvgIpc) is 2.69. The maximum absolute atomic E-state index is 14.0. The fraction of sp³-hybridized carbons (Fsp3) is 0.150. The van der Waals surface area contributed by atoms with Crippen molar-refractivity contribution in [1.29, 1.82) is 0 Å². The van der Waals surface area contributed by atoms with Crippen LogP contribution in [0.15, 0.2) is 60.3 Å². The van der Waals surface area contributed by atoms with Gasteiger partial charge in [-0.3, -0.25) is 9.59 Å². The molecule has 0 aliphatic carbocycles. The molecule has 0 bridgehead atoms. The number of thioether (sulfide) groups is 1. The topological polar surface area (TPSA) is 95.5 Å². The molecule has 2 aromatic rings. The van der Waals surface area contributed by atoms with Gasteiger partial charge < -0.3 is 15.7 Å². The molecule has 0 saturated carbocycles. The van der Waals surface area contributed by atoms with Crippen molar-refractivity contribution in [2.45, 2.75) is 6.04 Å². The maximum atomic E-state index is 14.0. The molecule has 8 heteroatoms. The predicted molar refractivity (Wildman–Crippen MR) is 106 cm³/mol. The van der Waals surface area contributed by atoms with Crippen LogP contribution in [-0.4, -0.2) is 40.9 Å². The third-order valence-corrected chi connectivity index (χ3v) is 4.34. The van der Waals surface area contributed by atoms with Crippen molar-refractivity contribution >= 4 is 35.6 Å². The lowest BCUT2D eigenvalue weighted by Crippen LogP contribution is -2.45. The molecule has 6 nitrogen and oxygen atoms in total. The van der Waals surface area contributed by atoms with E-state index in [1.807, 2.05) is 0 Å². The van der Waals surface area contributed by atoms with Crippen LogP contribution >= 0.6 is 11.8 Å². The van der Waals surface area contributed by atoms with Gasteiger partial charge in [0.25, 0.3) is 11.8 Å². The molecule has 0 heterocycles. The number of carbonyl (C=O) groups excluding carboxylic acids is 2.